The lowest BCUT2D eigenvalue weighted by Gasteiger charge is -2.13. The average Bonchev–Trinajstić information content (AvgIpc) is 2.34. The molecule has 0 saturated heterocycles. The molecule has 4 nitrogen and oxygen atoms in total. The number of nitrogens with one attached hydrogen (secondary N) is 2. The molecule has 0 aromatic carbocycles. The molecular weight excluding hydrogens is 264 g/mol. The van der Waals surface area contributed by atoms with Crippen molar-refractivity contribution in [2.24, 2.45) is 0 Å². The van der Waals surface area contributed by atoms with Crippen LogP contribution in [0.25, 0.3) is 0 Å². The fourth-order valence-electron chi connectivity index (χ4n) is 1.84. The highest BCUT2D eigenvalue weighted by Crippen LogP contribution is 2.11. The highest BCUT2D eigenvalue weighted by Gasteiger charge is 2.14. The number of hydrogen-bond donors (Lipinski definition) is 2. The van der Waals surface area contributed by atoms with E-state index in [1.54, 1.807) is 6.92 Å². The second kappa shape index (κ2) is 7.34. The number of aromatic amines is 1. The molecule has 2 N–H and O–H groups in total. The molecule has 0 bridgehead atoms. The van der Waals surface area contributed by atoms with E-state index in [0.29, 0.717) is 10.7 Å². The van der Waals surface area contributed by atoms with Crippen molar-refractivity contribution in [1.82, 2.24) is 10.3 Å². The van der Waals surface area contributed by atoms with E-state index in [4.69, 9.17) is 11.6 Å². The minimum Gasteiger partial charge on any atom is -0.349 e. The third-order valence-electron chi connectivity index (χ3n) is 3.04. The first-order chi connectivity index (χ1) is 8.95. The first-order valence-corrected chi connectivity index (χ1v) is 7.03. The first-order valence-electron chi connectivity index (χ1n) is 6.66. The lowest BCUT2D eigenvalue weighted by molar-refractivity contribution is 0.0936. The van der Waals surface area contributed by atoms with Crippen LogP contribution in [0, 0.1) is 6.92 Å². The van der Waals surface area contributed by atoms with Gasteiger partial charge in [0.05, 0.1) is 5.02 Å². The van der Waals surface area contributed by atoms with E-state index >= 15 is 0 Å². The Morgan fingerprint density at radius 3 is 2.79 bits per heavy atom. The van der Waals surface area contributed by atoms with Gasteiger partial charge in [0.2, 0.25) is 0 Å². The van der Waals surface area contributed by atoms with E-state index in [1.807, 2.05) is 6.92 Å². The van der Waals surface area contributed by atoms with Crippen molar-refractivity contribution >= 4 is 17.5 Å². The molecule has 106 valence electrons. The number of rotatable bonds is 6. The number of hydrogen-bond acceptors (Lipinski definition) is 2. The highest BCUT2D eigenvalue weighted by atomic mass is 35.5. The summed E-state index contributed by atoms with van der Waals surface area (Å²) in [6.07, 6.45) is 4.28. The fourth-order valence-corrected chi connectivity index (χ4v) is 2.00. The number of H-pyrrole nitrogens is 1. The Morgan fingerprint density at radius 2 is 2.16 bits per heavy atom. The average molecular weight is 285 g/mol. The zero-order valence-electron chi connectivity index (χ0n) is 11.7. The van der Waals surface area contributed by atoms with Crippen LogP contribution in [0.1, 0.15) is 55.6 Å². The number of aryl methyl sites for hydroxylation is 1. The van der Waals surface area contributed by atoms with E-state index in [9.17, 15) is 9.59 Å². The van der Waals surface area contributed by atoms with Crippen LogP contribution in [0.5, 0.6) is 0 Å². The fraction of sp³-hybridized carbons (Fsp3) is 0.571. The molecule has 0 radical (unpaired) electrons. The van der Waals surface area contributed by atoms with Gasteiger partial charge in [-0.25, -0.2) is 0 Å². The third kappa shape index (κ3) is 4.71. The summed E-state index contributed by atoms with van der Waals surface area (Å²) < 4.78 is 0. The van der Waals surface area contributed by atoms with Crippen molar-refractivity contribution in [3.05, 3.63) is 32.7 Å². The van der Waals surface area contributed by atoms with Crippen LogP contribution in [-0.2, 0) is 0 Å². The van der Waals surface area contributed by atoms with E-state index in [0.717, 1.165) is 25.7 Å². The maximum atomic E-state index is 12.0. The molecule has 19 heavy (non-hydrogen) atoms. The van der Waals surface area contributed by atoms with Gasteiger partial charge in [-0.3, -0.25) is 9.59 Å². The molecule has 0 aliphatic carbocycles. The Balaban J connectivity index is 2.68. The van der Waals surface area contributed by atoms with Gasteiger partial charge in [0.25, 0.3) is 11.5 Å². The maximum Gasteiger partial charge on any atom is 0.261 e. The summed E-state index contributed by atoms with van der Waals surface area (Å²) in [5.74, 6) is -0.368. The Morgan fingerprint density at radius 1 is 1.47 bits per heavy atom. The van der Waals surface area contributed by atoms with Crippen molar-refractivity contribution in [3.8, 4) is 0 Å². The normalized spacial score (nSPS) is 12.2. The van der Waals surface area contributed by atoms with Gasteiger partial charge in [0, 0.05) is 11.7 Å². The molecule has 0 aliphatic rings. The second-order valence-corrected chi connectivity index (χ2v) is 5.26. The van der Waals surface area contributed by atoms with E-state index in [2.05, 4.69) is 17.2 Å². The molecule has 0 saturated carbocycles. The van der Waals surface area contributed by atoms with Gasteiger partial charge in [-0.15, -0.1) is 0 Å². The SMILES string of the molecule is CCCCC[C@@H](C)NC(=O)c1cc(Cl)c(C)[nH]c1=O. The van der Waals surface area contributed by atoms with Crippen molar-refractivity contribution in [2.75, 3.05) is 0 Å². The largest absolute Gasteiger partial charge is 0.349 e. The Hall–Kier alpha value is -1.29. The monoisotopic (exact) mass is 284 g/mol. The van der Waals surface area contributed by atoms with Crippen molar-refractivity contribution in [3.63, 3.8) is 0 Å². The van der Waals surface area contributed by atoms with Gasteiger partial charge >= 0.3 is 0 Å². The smallest absolute Gasteiger partial charge is 0.261 e. The summed E-state index contributed by atoms with van der Waals surface area (Å²) in [7, 11) is 0. The summed E-state index contributed by atoms with van der Waals surface area (Å²) in [6, 6.07) is 1.47. The third-order valence-corrected chi connectivity index (χ3v) is 3.43. The lowest BCUT2D eigenvalue weighted by atomic mass is 10.1. The zero-order chi connectivity index (χ0) is 14.4. The Kier molecular flexibility index (Phi) is 6.09. The Labute approximate surface area is 118 Å². The molecule has 0 unspecified atom stereocenters. The quantitative estimate of drug-likeness (QED) is 0.789. The summed E-state index contributed by atoms with van der Waals surface area (Å²) in [6.45, 7) is 5.77. The molecular formula is C14H21ClN2O2. The highest BCUT2D eigenvalue weighted by molar-refractivity contribution is 6.31. The van der Waals surface area contributed by atoms with E-state index in [-0.39, 0.29) is 17.5 Å². The zero-order valence-corrected chi connectivity index (χ0v) is 12.4. The molecule has 1 amide bonds. The van der Waals surface area contributed by atoms with Crippen molar-refractivity contribution in [2.45, 2.75) is 52.5 Å². The van der Waals surface area contributed by atoms with Crippen LogP contribution in [-0.4, -0.2) is 16.9 Å². The lowest BCUT2D eigenvalue weighted by Crippen LogP contribution is -2.36. The number of amides is 1. The Bertz CT molecular complexity index is 497. The van der Waals surface area contributed by atoms with Gasteiger partial charge in [0.1, 0.15) is 5.56 Å². The minimum absolute atomic E-state index is 0.0542. The van der Waals surface area contributed by atoms with Crippen LogP contribution in [0.15, 0.2) is 10.9 Å². The van der Waals surface area contributed by atoms with Crippen LogP contribution >= 0.6 is 11.6 Å². The van der Waals surface area contributed by atoms with E-state index in [1.165, 1.54) is 6.07 Å². The molecule has 1 rings (SSSR count). The van der Waals surface area contributed by atoms with Gasteiger partial charge < -0.3 is 10.3 Å². The molecule has 5 heteroatoms. The standard InChI is InChI=1S/C14H21ClN2O2/c1-4-5-6-7-9(2)16-13(18)11-8-12(15)10(3)17-14(11)19/h8-9H,4-7H2,1-3H3,(H,16,18)(H,17,19)/t9-/m1/s1. The number of unbranched alkanes of at least 4 members (excludes halogenated alkanes) is 2. The number of pyridine rings is 1. The van der Waals surface area contributed by atoms with Crippen molar-refractivity contribution in [1.29, 1.82) is 0 Å². The number of aromatic nitrogens is 1. The van der Waals surface area contributed by atoms with Gasteiger partial charge in [-0.2, -0.15) is 0 Å². The van der Waals surface area contributed by atoms with Crippen molar-refractivity contribution < 1.29 is 4.79 Å². The molecule has 1 aromatic rings. The molecule has 0 fully saturated rings. The predicted molar refractivity (Wildman–Crippen MR) is 77.9 cm³/mol. The van der Waals surface area contributed by atoms with Crippen LogP contribution in [0.3, 0.4) is 0 Å². The van der Waals surface area contributed by atoms with Gasteiger partial charge in [-0.05, 0) is 26.3 Å². The molecule has 1 aromatic heterocycles. The molecule has 0 aliphatic heterocycles. The summed E-state index contributed by atoms with van der Waals surface area (Å²) in [4.78, 5) is 26.2. The number of halogens is 1. The molecule has 1 atom stereocenters. The predicted octanol–water partition coefficient (Wildman–Crippen LogP) is 3.04. The van der Waals surface area contributed by atoms with Gasteiger partial charge in [-0.1, -0.05) is 37.8 Å². The summed E-state index contributed by atoms with van der Waals surface area (Å²) in [5, 5.41) is 3.22. The minimum atomic E-state index is -0.403. The number of carbonyl (C=O) groups excluding carboxylic acids is 1. The topological polar surface area (TPSA) is 62.0 Å². The molecule has 1 heterocycles. The summed E-state index contributed by atoms with van der Waals surface area (Å²) >= 11 is 5.92. The van der Waals surface area contributed by atoms with Crippen LogP contribution in [0.2, 0.25) is 5.02 Å². The van der Waals surface area contributed by atoms with Crippen LogP contribution in [0.4, 0.5) is 0 Å². The molecule has 0 spiro atoms. The maximum absolute atomic E-state index is 12.0. The van der Waals surface area contributed by atoms with Crippen LogP contribution < -0.4 is 10.9 Å². The number of carbonyl (C=O) groups is 1. The van der Waals surface area contributed by atoms with Gasteiger partial charge in [0.15, 0.2) is 0 Å². The second-order valence-electron chi connectivity index (χ2n) is 4.86. The first kappa shape index (κ1) is 15.8. The van der Waals surface area contributed by atoms with E-state index < -0.39 is 5.56 Å². The summed E-state index contributed by atoms with van der Waals surface area (Å²) in [5.41, 5.74) is 0.234.